The Hall–Kier alpha value is -1.71. The van der Waals surface area contributed by atoms with Crippen molar-refractivity contribution in [2.24, 2.45) is 0 Å². The Bertz CT molecular complexity index is 422. The normalized spacial score (nSPS) is 11.1. The van der Waals surface area contributed by atoms with Crippen molar-refractivity contribution in [2.45, 2.75) is 39.7 Å². The Balaban J connectivity index is 2.38. The van der Waals surface area contributed by atoms with Crippen LogP contribution in [0.1, 0.15) is 31.9 Å². The number of hydrogen-bond donors (Lipinski definition) is 2. The van der Waals surface area contributed by atoms with E-state index in [-0.39, 0.29) is 6.09 Å². The summed E-state index contributed by atoms with van der Waals surface area (Å²) in [5, 5.41) is 2.73. The number of ether oxygens (including phenoxy) is 1. The molecule has 1 rings (SSSR count). The summed E-state index contributed by atoms with van der Waals surface area (Å²) in [6, 6.07) is 5.89. The lowest BCUT2D eigenvalue weighted by molar-refractivity contribution is 0.0528. The Morgan fingerprint density at radius 2 is 2.06 bits per heavy atom. The van der Waals surface area contributed by atoms with Gasteiger partial charge in [-0.1, -0.05) is 12.1 Å². The molecule has 4 heteroatoms. The first-order chi connectivity index (χ1) is 8.28. The number of anilines is 1. The van der Waals surface area contributed by atoms with E-state index in [0.29, 0.717) is 6.54 Å². The molecule has 0 aliphatic rings. The average Bonchev–Trinajstić information content (AvgIpc) is 2.20. The molecule has 0 aromatic heterocycles. The number of hydrogen-bond acceptors (Lipinski definition) is 3. The summed E-state index contributed by atoms with van der Waals surface area (Å²) in [4.78, 5) is 11.4. The Morgan fingerprint density at radius 3 is 2.61 bits per heavy atom. The van der Waals surface area contributed by atoms with Gasteiger partial charge in [-0.3, -0.25) is 0 Å². The topological polar surface area (TPSA) is 64.3 Å². The maximum absolute atomic E-state index is 11.4. The number of alkyl carbamates (subject to hydrolysis) is 1. The molecule has 0 unspecified atom stereocenters. The summed E-state index contributed by atoms with van der Waals surface area (Å²) in [6.45, 7) is 8.06. The third-order valence-electron chi connectivity index (χ3n) is 2.42. The number of carbonyl (C=O) groups excluding carboxylic acids is 1. The summed E-state index contributed by atoms with van der Waals surface area (Å²) < 4.78 is 5.15. The van der Waals surface area contributed by atoms with Crippen LogP contribution in [0.25, 0.3) is 0 Å². The van der Waals surface area contributed by atoms with Gasteiger partial charge in [0.25, 0.3) is 0 Å². The van der Waals surface area contributed by atoms with Gasteiger partial charge in [-0.2, -0.15) is 0 Å². The van der Waals surface area contributed by atoms with Gasteiger partial charge in [-0.25, -0.2) is 4.79 Å². The van der Waals surface area contributed by atoms with Gasteiger partial charge in [0.2, 0.25) is 0 Å². The lowest BCUT2D eigenvalue weighted by Gasteiger charge is -2.19. The Morgan fingerprint density at radius 1 is 1.39 bits per heavy atom. The molecule has 0 aliphatic heterocycles. The monoisotopic (exact) mass is 250 g/mol. The third kappa shape index (κ3) is 5.08. The number of carbonyl (C=O) groups is 1. The van der Waals surface area contributed by atoms with Crippen molar-refractivity contribution in [3.8, 4) is 0 Å². The van der Waals surface area contributed by atoms with E-state index in [0.717, 1.165) is 23.2 Å². The van der Waals surface area contributed by atoms with Gasteiger partial charge in [0.05, 0.1) is 0 Å². The van der Waals surface area contributed by atoms with Crippen LogP contribution in [0.4, 0.5) is 10.5 Å². The highest BCUT2D eigenvalue weighted by atomic mass is 16.6. The van der Waals surface area contributed by atoms with E-state index in [1.165, 1.54) is 0 Å². The number of aryl methyl sites for hydroxylation is 1. The van der Waals surface area contributed by atoms with Crippen LogP contribution in [0, 0.1) is 6.92 Å². The molecule has 1 aromatic carbocycles. The highest BCUT2D eigenvalue weighted by molar-refractivity contribution is 5.67. The highest BCUT2D eigenvalue weighted by Gasteiger charge is 2.15. The van der Waals surface area contributed by atoms with Crippen LogP contribution >= 0.6 is 0 Å². The van der Waals surface area contributed by atoms with Crippen molar-refractivity contribution in [2.75, 3.05) is 12.3 Å². The molecular formula is C14H22N2O2. The van der Waals surface area contributed by atoms with Crippen molar-refractivity contribution in [1.29, 1.82) is 0 Å². The quantitative estimate of drug-likeness (QED) is 0.810. The summed E-state index contributed by atoms with van der Waals surface area (Å²) in [7, 11) is 0. The standard InChI is InChI=1S/C14H22N2O2/c1-10-9-11(5-6-12(10)15)7-8-16-13(17)18-14(2,3)4/h5-6,9H,7-8,15H2,1-4H3,(H,16,17). The van der Waals surface area contributed by atoms with Crippen LogP contribution in [0.3, 0.4) is 0 Å². The van der Waals surface area contributed by atoms with Crippen LogP contribution in [0.15, 0.2) is 18.2 Å². The molecule has 0 aliphatic carbocycles. The lowest BCUT2D eigenvalue weighted by Crippen LogP contribution is -2.33. The molecule has 3 N–H and O–H groups in total. The molecule has 0 atom stereocenters. The summed E-state index contributed by atoms with van der Waals surface area (Å²) in [5.41, 5.74) is 8.29. The molecule has 0 spiro atoms. The molecule has 0 heterocycles. The van der Waals surface area contributed by atoms with Crippen LogP contribution < -0.4 is 11.1 Å². The van der Waals surface area contributed by atoms with Crippen molar-refractivity contribution in [3.63, 3.8) is 0 Å². The van der Waals surface area contributed by atoms with Crippen molar-refractivity contribution in [3.05, 3.63) is 29.3 Å². The van der Waals surface area contributed by atoms with Gasteiger partial charge in [0.1, 0.15) is 5.60 Å². The summed E-state index contributed by atoms with van der Waals surface area (Å²) in [6.07, 6.45) is 0.384. The lowest BCUT2D eigenvalue weighted by atomic mass is 10.1. The van der Waals surface area contributed by atoms with Crippen molar-refractivity contribution in [1.82, 2.24) is 5.32 Å². The first-order valence-electron chi connectivity index (χ1n) is 6.10. The first-order valence-corrected chi connectivity index (χ1v) is 6.10. The minimum atomic E-state index is -0.456. The zero-order valence-corrected chi connectivity index (χ0v) is 11.5. The van der Waals surface area contributed by atoms with E-state index in [4.69, 9.17) is 10.5 Å². The molecule has 18 heavy (non-hydrogen) atoms. The van der Waals surface area contributed by atoms with E-state index >= 15 is 0 Å². The molecule has 0 saturated heterocycles. The second-order valence-electron chi connectivity index (χ2n) is 5.37. The van der Waals surface area contributed by atoms with Gasteiger partial charge in [0.15, 0.2) is 0 Å². The van der Waals surface area contributed by atoms with E-state index in [1.54, 1.807) is 0 Å². The fourth-order valence-corrected chi connectivity index (χ4v) is 1.52. The molecule has 0 saturated carbocycles. The Kier molecular flexibility index (Phi) is 4.59. The van der Waals surface area contributed by atoms with Crippen LogP contribution in [0.5, 0.6) is 0 Å². The van der Waals surface area contributed by atoms with E-state index in [2.05, 4.69) is 5.32 Å². The van der Waals surface area contributed by atoms with Gasteiger partial charge in [-0.15, -0.1) is 0 Å². The van der Waals surface area contributed by atoms with E-state index in [9.17, 15) is 4.79 Å². The molecule has 1 amide bonds. The first kappa shape index (κ1) is 14.4. The van der Waals surface area contributed by atoms with Gasteiger partial charge >= 0.3 is 6.09 Å². The number of benzene rings is 1. The predicted octanol–water partition coefficient (Wildman–Crippen LogP) is 2.64. The number of nitrogens with two attached hydrogens (primary N) is 1. The highest BCUT2D eigenvalue weighted by Crippen LogP contribution is 2.12. The molecule has 1 aromatic rings. The molecule has 100 valence electrons. The zero-order chi connectivity index (χ0) is 13.8. The summed E-state index contributed by atoms with van der Waals surface area (Å²) >= 11 is 0. The number of rotatable bonds is 3. The molecule has 4 nitrogen and oxygen atoms in total. The number of amides is 1. The second kappa shape index (κ2) is 5.76. The number of nitrogens with one attached hydrogen (secondary N) is 1. The minimum Gasteiger partial charge on any atom is -0.444 e. The molecule has 0 fully saturated rings. The fraction of sp³-hybridized carbons (Fsp3) is 0.500. The number of nitrogen functional groups attached to an aromatic ring is 1. The Labute approximate surface area is 109 Å². The summed E-state index contributed by atoms with van der Waals surface area (Å²) in [5.74, 6) is 0. The fourth-order valence-electron chi connectivity index (χ4n) is 1.52. The van der Waals surface area contributed by atoms with Crippen LogP contribution in [-0.2, 0) is 11.2 Å². The van der Waals surface area contributed by atoms with Crippen LogP contribution in [0.2, 0.25) is 0 Å². The van der Waals surface area contributed by atoms with Gasteiger partial charge < -0.3 is 15.8 Å². The van der Waals surface area contributed by atoms with E-state index in [1.807, 2.05) is 45.9 Å². The largest absolute Gasteiger partial charge is 0.444 e. The SMILES string of the molecule is Cc1cc(CCNC(=O)OC(C)(C)C)ccc1N. The van der Waals surface area contributed by atoms with Gasteiger partial charge in [0, 0.05) is 12.2 Å². The molecular weight excluding hydrogens is 228 g/mol. The zero-order valence-electron chi connectivity index (χ0n) is 11.5. The maximum atomic E-state index is 11.4. The molecule has 0 radical (unpaired) electrons. The molecule has 0 bridgehead atoms. The predicted molar refractivity (Wildman–Crippen MR) is 73.5 cm³/mol. The maximum Gasteiger partial charge on any atom is 0.407 e. The third-order valence-corrected chi connectivity index (χ3v) is 2.42. The minimum absolute atomic E-state index is 0.380. The van der Waals surface area contributed by atoms with Gasteiger partial charge in [-0.05, 0) is 51.3 Å². The smallest absolute Gasteiger partial charge is 0.407 e. The average molecular weight is 250 g/mol. The van der Waals surface area contributed by atoms with E-state index < -0.39 is 5.60 Å². The second-order valence-corrected chi connectivity index (χ2v) is 5.37. The van der Waals surface area contributed by atoms with Crippen molar-refractivity contribution >= 4 is 11.8 Å². The van der Waals surface area contributed by atoms with Crippen LogP contribution in [-0.4, -0.2) is 18.2 Å². The van der Waals surface area contributed by atoms with Crippen molar-refractivity contribution < 1.29 is 9.53 Å².